The van der Waals surface area contributed by atoms with Crippen molar-refractivity contribution in [3.05, 3.63) is 39.9 Å². The number of hydrogen-bond donors (Lipinski definition) is 0. The maximum absolute atomic E-state index is 11.7. The van der Waals surface area contributed by atoms with E-state index in [1.807, 2.05) is 6.92 Å². The van der Waals surface area contributed by atoms with Gasteiger partial charge < -0.3 is 4.84 Å². The lowest BCUT2D eigenvalue weighted by Gasteiger charge is -2.04. The summed E-state index contributed by atoms with van der Waals surface area (Å²) in [6.45, 7) is 1.51. The lowest BCUT2D eigenvalue weighted by molar-refractivity contribution is -0.756. The summed E-state index contributed by atoms with van der Waals surface area (Å²) in [5.41, 5.74) is 1.03. The van der Waals surface area contributed by atoms with Crippen LogP contribution in [0, 0.1) is 10.1 Å². The molecule has 17 heavy (non-hydrogen) atoms. The van der Waals surface area contributed by atoms with E-state index in [1.165, 1.54) is 12.1 Å². The van der Waals surface area contributed by atoms with Crippen molar-refractivity contribution in [1.82, 2.24) is 0 Å². The number of benzene rings is 1. The van der Waals surface area contributed by atoms with Crippen molar-refractivity contribution in [2.45, 2.75) is 18.2 Å². The molecule has 0 heterocycles. The highest BCUT2D eigenvalue weighted by molar-refractivity contribution is 7.91. The second-order valence-corrected chi connectivity index (χ2v) is 5.48. The quantitative estimate of drug-likeness (QED) is 0.566. The third-order valence-corrected chi connectivity index (χ3v) is 3.93. The van der Waals surface area contributed by atoms with Crippen LogP contribution in [0.15, 0.2) is 29.2 Å². The Labute approximate surface area is 99.2 Å². The number of rotatable bonds is 6. The van der Waals surface area contributed by atoms with Crippen LogP contribution in [0.4, 0.5) is 0 Å². The summed E-state index contributed by atoms with van der Waals surface area (Å²) in [6, 6.07) is 6.45. The van der Waals surface area contributed by atoms with Gasteiger partial charge in [0.1, 0.15) is 6.61 Å². The molecule has 0 fully saturated rings. The first-order chi connectivity index (χ1) is 7.95. The van der Waals surface area contributed by atoms with Crippen molar-refractivity contribution in [3.63, 3.8) is 0 Å². The van der Waals surface area contributed by atoms with Crippen LogP contribution in [-0.2, 0) is 21.1 Å². The van der Waals surface area contributed by atoms with Crippen LogP contribution in [0.3, 0.4) is 0 Å². The van der Waals surface area contributed by atoms with Crippen molar-refractivity contribution < 1.29 is 18.3 Å². The fraction of sp³-hybridized carbons (Fsp3) is 0.400. The van der Waals surface area contributed by atoms with Crippen molar-refractivity contribution in [3.8, 4) is 0 Å². The zero-order chi connectivity index (χ0) is 12.9. The number of nitrogens with zero attached hydrogens (tertiary/aromatic N) is 1. The molecule has 0 spiro atoms. The van der Waals surface area contributed by atoms with Crippen molar-refractivity contribution in [1.29, 1.82) is 0 Å². The van der Waals surface area contributed by atoms with E-state index in [-0.39, 0.29) is 4.90 Å². The molecule has 94 valence electrons. The van der Waals surface area contributed by atoms with Gasteiger partial charge in [-0.05, 0) is 24.1 Å². The molecule has 0 aliphatic rings. The number of sulfone groups is 1. The molecule has 0 bridgehead atoms. The molecular formula is C10H13NO5S. The fourth-order valence-corrected chi connectivity index (χ4v) is 2.35. The Bertz CT molecular complexity index is 480. The monoisotopic (exact) mass is 259 g/mol. The Kier molecular flexibility index (Phi) is 4.45. The average Bonchev–Trinajstić information content (AvgIpc) is 2.28. The molecule has 0 saturated carbocycles. The predicted molar refractivity (Wildman–Crippen MR) is 60.8 cm³/mol. The largest absolute Gasteiger partial charge is 0.313 e. The van der Waals surface area contributed by atoms with E-state index in [4.69, 9.17) is 0 Å². The normalized spacial score (nSPS) is 11.1. The Hall–Kier alpha value is -1.63. The standard InChI is InChI=1S/C10H13NO5S/c1-2-9-3-5-10(6-4-9)17(14,15)8-7-16-11(12)13/h3-6H,2,7-8H2,1H3. The zero-order valence-corrected chi connectivity index (χ0v) is 10.1. The van der Waals surface area contributed by atoms with Crippen molar-refractivity contribution in [2.75, 3.05) is 12.4 Å². The van der Waals surface area contributed by atoms with E-state index in [9.17, 15) is 18.5 Å². The van der Waals surface area contributed by atoms with E-state index in [1.54, 1.807) is 12.1 Å². The van der Waals surface area contributed by atoms with Crippen LogP contribution in [0.5, 0.6) is 0 Å². The van der Waals surface area contributed by atoms with Gasteiger partial charge in [0, 0.05) is 0 Å². The first-order valence-corrected chi connectivity index (χ1v) is 6.70. The minimum Gasteiger partial charge on any atom is -0.313 e. The highest BCUT2D eigenvalue weighted by Gasteiger charge is 2.14. The molecule has 0 amide bonds. The lowest BCUT2D eigenvalue weighted by Crippen LogP contribution is -2.14. The van der Waals surface area contributed by atoms with Crippen molar-refractivity contribution >= 4 is 9.84 Å². The summed E-state index contributed by atoms with van der Waals surface area (Å²) in [4.78, 5) is 14.0. The molecule has 6 nitrogen and oxygen atoms in total. The lowest BCUT2D eigenvalue weighted by atomic mass is 10.2. The maximum Gasteiger partial charge on any atom is 0.294 e. The summed E-state index contributed by atoms with van der Waals surface area (Å²) < 4.78 is 23.4. The third kappa shape index (κ3) is 4.03. The first-order valence-electron chi connectivity index (χ1n) is 5.04. The fourth-order valence-electron chi connectivity index (χ4n) is 1.27. The van der Waals surface area contributed by atoms with E-state index in [0.717, 1.165) is 12.0 Å². The summed E-state index contributed by atoms with van der Waals surface area (Å²) in [5, 5.41) is 8.89. The van der Waals surface area contributed by atoms with Gasteiger partial charge in [0.15, 0.2) is 9.84 Å². The minimum atomic E-state index is -3.51. The van der Waals surface area contributed by atoms with Crippen LogP contribution >= 0.6 is 0 Å². The van der Waals surface area contributed by atoms with Crippen LogP contribution < -0.4 is 0 Å². The molecule has 1 rings (SSSR count). The third-order valence-electron chi connectivity index (χ3n) is 2.24. The Balaban J connectivity index is 2.72. The topological polar surface area (TPSA) is 86.5 Å². The van der Waals surface area contributed by atoms with E-state index in [0.29, 0.717) is 0 Å². The molecule has 0 N–H and O–H groups in total. The molecule has 0 saturated heterocycles. The van der Waals surface area contributed by atoms with E-state index < -0.39 is 27.3 Å². The Morgan fingerprint density at radius 2 is 1.88 bits per heavy atom. The second-order valence-electron chi connectivity index (χ2n) is 3.37. The molecule has 7 heteroatoms. The smallest absolute Gasteiger partial charge is 0.294 e. The van der Waals surface area contributed by atoms with Gasteiger partial charge in [-0.25, -0.2) is 8.42 Å². The zero-order valence-electron chi connectivity index (χ0n) is 9.33. The SMILES string of the molecule is CCc1ccc(S(=O)(=O)CCO[N+](=O)[O-])cc1. The molecule has 0 unspecified atom stereocenters. The molecular weight excluding hydrogens is 246 g/mol. The summed E-state index contributed by atoms with van der Waals surface area (Å²) in [6.07, 6.45) is 0.824. The predicted octanol–water partition coefficient (Wildman–Crippen LogP) is 1.23. The molecule has 0 atom stereocenters. The van der Waals surface area contributed by atoms with Gasteiger partial charge in [0.2, 0.25) is 0 Å². The van der Waals surface area contributed by atoms with Crippen LogP contribution in [0.1, 0.15) is 12.5 Å². The minimum absolute atomic E-state index is 0.154. The van der Waals surface area contributed by atoms with Gasteiger partial charge in [0.25, 0.3) is 5.09 Å². The Morgan fingerprint density at radius 1 is 1.29 bits per heavy atom. The van der Waals surface area contributed by atoms with E-state index in [2.05, 4.69) is 4.84 Å². The van der Waals surface area contributed by atoms with Gasteiger partial charge in [-0.2, -0.15) is 0 Å². The average molecular weight is 259 g/mol. The van der Waals surface area contributed by atoms with Gasteiger partial charge >= 0.3 is 0 Å². The summed E-state index contributed by atoms with van der Waals surface area (Å²) in [7, 11) is -3.51. The number of aryl methyl sites for hydroxylation is 1. The van der Waals surface area contributed by atoms with Crippen molar-refractivity contribution in [2.24, 2.45) is 0 Å². The highest BCUT2D eigenvalue weighted by Crippen LogP contribution is 2.12. The van der Waals surface area contributed by atoms with Crippen LogP contribution in [0.25, 0.3) is 0 Å². The highest BCUT2D eigenvalue weighted by atomic mass is 32.2. The summed E-state index contributed by atoms with van der Waals surface area (Å²) >= 11 is 0. The summed E-state index contributed by atoms with van der Waals surface area (Å²) in [5.74, 6) is -0.403. The van der Waals surface area contributed by atoms with Gasteiger partial charge in [0.05, 0.1) is 10.6 Å². The molecule has 0 aliphatic carbocycles. The van der Waals surface area contributed by atoms with E-state index >= 15 is 0 Å². The molecule has 0 radical (unpaired) electrons. The molecule has 1 aromatic rings. The number of hydrogen-bond acceptors (Lipinski definition) is 5. The molecule has 0 aliphatic heterocycles. The molecule has 0 aromatic heterocycles. The van der Waals surface area contributed by atoms with Crippen LogP contribution in [0.2, 0.25) is 0 Å². The maximum atomic E-state index is 11.7. The van der Waals surface area contributed by atoms with Crippen LogP contribution in [-0.4, -0.2) is 25.9 Å². The molecule has 1 aromatic carbocycles. The van der Waals surface area contributed by atoms with Gasteiger partial charge in [-0.15, -0.1) is 10.1 Å². The first kappa shape index (κ1) is 13.4. The Morgan fingerprint density at radius 3 is 2.35 bits per heavy atom. The van der Waals surface area contributed by atoms with Gasteiger partial charge in [-0.1, -0.05) is 19.1 Å². The second kappa shape index (κ2) is 5.62. The van der Waals surface area contributed by atoms with Gasteiger partial charge in [-0.3, -0.25) is 0 Å².